The fourth-order valence-electron chi connectivity index (χ4n) is 2.90. The first-order valence-corrected chi connectivity index (χ1v) is 8.26. The van der Waals surface area contributed by atoms with Gasteiger partial charge in [0.2, 0.25) is 0 Å². The van der Waals surface area contributed by atoms with Gasteiger partial charge in [-0.05, 0) is 37.6 Å². The van der Waals surface area contributed by atoms with Crippen molar-refractivity contribution in [3.8, 4) is 0 Å². The van der Waals surface area contributed by atoms with Gasteiger partial charge in [-0.25, -0.2) is 4.79 Å². The smallest absolute Gasteiger partial charge is 0.334 e. The summed E-state index contributed by atoms with van der Waals surface area (Å²) in [5.74, 6) is -2.34. The van der Waals surface area contributed by atoms with Crippen molar-refractivity contribution < 1.29 is 29.0 Å². The molecule has 0 saturated carbocycles. The molecule has 1 aliphatic carbocycles. The van der Waals surface area contributed by atoms with Gasteiger partial charge in [0, 0.05) is 12.0 Å². The van der Waals surface area contributed by atoms with Crippen molar-refractivity contribution in [2.45, 2.75) is 51.9 Å². The molecule has 1 saturated heterocycles. The van der Waals surface area contributed by atoms with Crippen molar-refractivity contribution in [2.75, 3.05) is 0 Å². The first kappa shape index (κ1) is 19.1. The van der Waals surface area contributed by atoms with Gasteiger partial charge >= 0.3 is 11.9 Å². The molecular formula is C19H24O6. The highest BCUT2D eigenvalue weighted by Gasteiger charge is 2.46. The maximum atomic E-state index is 12.1. The predicted octanol–water partition coefficient (Wildman–Crippen LogP) is 1.88. The molecule has 25 heavy (non-hydrogen) atoms. The SMILES string of the molecule is C=C1C(=O)OC2/C=C(\C)C(=O)/C=C\C(C)(O)CC(OC(=O)C(C)C)C12. The molecule has 4 atom stereocenters. The number of allylic oxidation sites excluding steroid dienone is 2. The Morgan fingerprint density at radius 2 is 2.08 bits per heavy atom. The Morgan fingerprint density at radius 3 is 2.68 bits per heavy atom. The lowest BCUT2D eigenvalue weighted by Gasteiger charge is -2.32. The summed E-state index contributed by atoms with van der Waals surface area (Å²) < 4.78 is 10.9. The van der Waals surface area contributed by atoms with Crippen molar-refractivity contribution >= 4 is 17.7 Å². The number of ketones is 1. The minimum Gasteiger partial charge on any atom is -0.461 e. The topological polar surface area (TPSA) is 89.9 Å². The average molecular weight is 348 g/mol. The van der Waals surface area contributed by atoms with E-state index in [-0.39, 0.29) is 23.7 Å². The van der Waals surface area contributed by atoms with E-state index in [1.165, 1.54) is 19.1 Å². The van der Waals surface area contributed by atoms with Crippen LogP contribution in [0.25, 0.3) is 0 Å². The van der Waals surface area contributed by atoms with Crippen molar-refractivity contribution in [3.05, 3.63) is 36.0 Å². The Hall–Kier alpha value is -2.21. The third-order valence-electron chi connectivity index (χ3n) is 4.41. The molecule has 1 fully saturated rings. The number of fused-ring (bicyclic) bond motifs is 1. The normalized spacial score (nSPS) is 36.3. The van der Waals surface area contributed by atoms with Crippen LogP contribution in [0.4, 0.5) is 0 Å². The van der Waals surface area contributed by atoms with Gasteiger partial charge in [-0.2, -0.15) is 0 Å². The highest BCUT2D eigenvalue weighted by molar-refractivity contribution is 6.03. The van der Waals surface area contributed by atoms with Crippen LogP contribution in [0.3, 0.4) is 0 Å². The summed E-state index contributed by atoms with van der Waals surface area (Å²) in [4.78, 5) is 36.2. The quantitative estimate of drug-likeness (QED) is 0.605. The van der Waals surface area contributed by atoms with Crippen LogP contribution in [-0.2, 0) is 23.9 Å². The van der Waals surface area contributed by atoms with E-state index >= 15 is 0 Å². The van der Waals surface area contributed by atoms with E-state index in [4.69, 9.17) is 9.47 Å². The summed E-state index contributed by atoms with van der Waals surface area (Å²) in [5, 5.41) is 10.6. The van der Waals surface area contributed by atoms with Gasteiger partial charge in [-0.3, -0.25) is 9.59 Å². The first-order valence-electron chi connectivity index (χ1n) is 8.26. The summed E-state index contributed by atoms with van der Waals surface area (Å²) >= 11 is 0. The largest absolute Gasteiger partial charge is 0.461 e. The number of esters is 2. The van der Waals surface area contributed by atoms with E-state index in [9.17, 15) is 19.5 Å². The van der Waals surface area contributed by atoms with Crippen LogP contribution in [0.15, 0.2) is 36.0 Å². The lowest BCUT2D eigenvalue weighted by molar-refractivity contribution is -0.158. The highest BCUT2D eigenvalue weighted by Crippen LogP contribution is 2.37. The lowest BCUT2D eigenvalue weighted by atomic mass is 9.82. The Morgan fingerprint density at radius 1 is 1.44 bits per heavy atom. The van der Waals surface area contributed by atoms with Crippen molar-refractivity contribution in [1.82, 2.24) is 0 Å². The zero-order chi connectivity index (χ0) is 18.9. The zero-order valence-corrected chi connectivity index (χ0v) is 14.9. The molecular weight excluding hydrogens is 324 g/mol. The molecule has 4 unspecified atom stereocenters. The van der Waals surface area contributed by atoms with Crippen LogP contribution < -0.4 is 0 Å². The molecule has 0 spiro atoms. The maximum absolute atomic E-state index is 12.1. The number of rotatable bonds is 2. The maximum Gasteiger partial charge on any atom is 0.334 e. The van der Waals surface area contributed by atoms with Crippen LogP contribution in [0.1, 0.15) is 34.1 Å². The number of carbonyl (C=O) groups is 3. The van der Waals surface area contributed by atoms with E-state index < -0.39 is 35.7 Å². The van der Waals surface area contributed by atoms with Crippen LogP contribution in [0.5, 0.6) is 0 Å². The van der Waals surface area contributed by atoms with E-state index in [1.54, 1.807) is 26.8 Å². The second-order valence-electron chi connectivity index (χ2n) is 7.16. The summed E-state index contributed by atoms with van der Waals surface area (Å²) in [6.07, 6.45) is 2.64. The van der Waals surface area contributed by atoms with Crippen LogP contribution in [0.2, 0.25) is 0 Å². The van der Waals surface area contributed by atoms with E-state index in [0.717, 1.165) is 0 Å². The third kappa shape index (κ3) is 4.25. The Labute approximate surface area is 147 Å². The number of hydrogen-bond acceptors (Lipinski definition) is 6. The molecule has 0 amide bonds. The molecule has 0 radical (unpaired) electrons. The fourth-order valence-corrected chi connectivity index (χ4v) is 2.90. The van der Waals surface area contributed by atoms with Crippen molar-refractivity contribution in [2.24, 2.45) is 11.8 Å². The molecule has 0 aromatic carbocycles. The molecule has 6 nitrogen and oxygen atoms in total. The second-order valence-corrected chi connectivity index (χ2v) is 7.16. The standard InChI is InChI=1S/C19H24O6/c1-10(2)17(21)25-15-9-19(5,23)7-6-13(20)11(3)8-14-16(15)12(4)18(22)24-14/h6-8,10,14-16,23H,4,9H2,1-3,5H3/b7-6-,11-8+. The molecule has 0 bridgehead atoms. The van der Waals surface area contributed by atoms with Gasteiger partial charge in [0.1, 0.15) is 12.2 Å². The zero-order valence-electron chi connectivity index (χ0n) is 14.9. The molecule has 2 rings (SSSR count). The van der Waals surface area contributed by atoms with Gasteiger partial charge in [0.25, 0.3) is 0 Å². The lowest BCUT2D eigenvalue weighted by Crippen LogP contribution is -2.40. The van der Waals surface area contributed by atoms with Gasteiger partial charge in [-0.1, -0.05) is 20.4 Å². The number of ether oxygens (including phenoxy) is 2. The number of hydrogen-bond donors (Lipinski definition) is 1. The van der Waals surface area contributed by atoms with Crippen LogP contribution >= 0.6 is 0 Å². The summed E-state index contributed by atoms with van der Waals surface area (Å²) in [7, 11) is 0. The molecule has 0 aromatic rings. The summed E-state index contributed by atoms with van der Waals surface area (Å²) in [6.45, 7) is 10.3. The van der Waals surface area contributed by atoms with E-state index in [0.29, 0.717) is 5.57 Å². The Balaban J connectivity index is 2.49. The number of carbonyl (C=O) groups excluding carboxylic acids is 3. The van der Waals surface area contributed by atoms with Crippen LogP contribution in [0, 0.1) is 11.8 Å². The van der Waals surface area contributed by atoms with Crippen molar-refractivity contribution in [1.29, 1.82) is 0 Å². The molecule has 0 aromatic heterocycles. The minimum absolute atomic E-state index is 0.0129. The molecule has 1 N–H and O–H groups in total. The van der Waals surface area contributed by atoms with Gasteiger partial charge in [0.15, 0.2) is 5.78 Å². The minimum atomic E-state index is -1.40. The molecule has 6 heteroatoms. The summed E-state index contributed by atoms with van der Waals surface area (Å²) in [6, 6.07) is 0. The third-order valence-corrected chi connectivity index (χ3v) is 4.41. The number of aliphatic hydroxyl groups is 1. The van der Waals surface area contributed by atoms with Gasteiger partial charge in [-0.15, -0.1) is 0 Å². The highest BCUT2D eigenvalue weighted by atomic mass is 16.6. The first-order chi connectivity index (χ1) is 11.5. The van der Waals surface area contributed by atoms with Gasteiger partial charge in [0.05, 0.1) is 17.4 Å². The molecule has 1 aliphatic heterocycles. The van der Waals surface area contributed by atoms with Crippen LogP contribution in [-0.4, -0.2) is 40.6 Å². The molecule has 1 heterocycles. The monoisotopic (exact) mass is 348 g/mol. The van der Waals surface area contributed by atoms with E-state index in [2.05, 4.69) is 6.58 Å². The second kappa shape index (κ2) is 6.96. The fraction of sp³-hybridized carbons (Fsp3) is 0.526. The summed E-state index contributed by atoms with van der Waals surface area (Å²) in [5.41, 5.74) is -0.852. The Kier molecular flexibility index (Phi) is 5.32. The molecule has 2 aliphatic rings. The van der Waals surface area contributed by atoms with Gasteiger partial charge < -0.3 is 14.6 Å². The average Bonchev–Trinajstić information content (AvgIpc) is 2.77. The van der Waals surface area contributed by atoms with E-state index in [1.807, 2.05) is 0 Å². The molecule has 136 valence electrons. The van der Waals surface area contributed by atoms with Crippen molar-refractivity contribution in [3.63, 3.8) is 0 Å². The Bertz CT molecular complexity index is 667. The predicted molar refractivity (Wildman–Crippen MR) is 90.4 cm³/mol.